The molecule has 5 aromatic rings. The van der Waals surface area contributed by atoms with Gasteiger partial charge >= 0.3 is 0 Å². The predicted octanol–water partition coefficient (Wildman–Crippen LogP) is 7.49. The number of benzene rings is 3. The van der Waals surface area contributed by atoms with Gasteiger partial charge in [0.2, 0.25) is 0 Å². The fourth-order valence-electron chi connectivity index (χ4n) is 5.02. The first-order valence-corrected chi connectivity index (χ1v) is 14.5. The highest BCUT2D eigenvalue weighted by Crippen LogP contribution is 2.44. The van der Waals surface area contributed by atoms with Gasteiger partial charge in [0.1, 0.15) is 23.3 Å². The number of furan rings is 1. The second kappa shape index (κ2) is 12.1. The van der Waals surface area contributed by atoms with Crippen LogP contribution in [0.3, 0.4) is 0 Å². The van der Waals surface area contributed by atoms with Gasteiger partial charge in [0.15, 0.2) is 5.11 Å². The van der Waals surface area contributed by atoms with Gasteiger partial charge in [0.25, 0.3) is 11.4 Å². The zero-order valence-electron chi connectivity index (χ0n) is 23.0. The molecule has 1 saturated heterocycles. The highest BCUT2D eigenvalue weighted by molar-refractivity contribution is 7.99. The number of ether oxygens (including phenoxy) is 1. The normalized spacial score (nSPS) is 16.0. The van der Waals surface area contributed by atoms with E-state index in [-0.39, 0.29) is 17.4 Å². The van der Waals surface area contributed by atoms with Gasteiger partial charge < -0.3 is 19.4 Å². The number of pyridine rings is 1. The molecule has 0 bridgehead atoms. The summed E-state index contributed by atoms with van der Waals surface area (Å²) < 4.78 is 11.8. The van der Waals surface area contributed by atoms with Crippen molar-refractivity contribution >= 4 is 46.2 Å². The monoisotopic (exact) mass is 625 g/mol. The van der Waals surface area contributed by atoms with E-state index in [0.717, 1.165) is 21.2 Å². The highest BCUT2D eigenvalue weighted by Gasteiger charge is 2.42. The number of nitro benzene ring substituents is 2. The average molecular weight is 626 g/mol. The number of anilines is 1. The van der Waals surface area contributed by atoms with E-state index >= 15 is 0 Å². The maximum atomic E-state index is 11.3. The van der Waals surface area contributed by atoms with Crippen LogP contribution < -0.4 is 15.0 Å². The fraction of sp³-hybridized carbons (Fsp3) is 0.0968. The van der Waals surface area contributed by atoms with Crippen molar-refractivity contribution in [2.45, 2.75) is 21.9 Å². The standard InChI is InChI=1S/C31H23N5O6S2/c1-41-28-18-21(36(39)40)9-14-24(28)26-15-16-27(42-26)30-29(25-4-2-3-17-32-25)33-31(43)34(30)19-5-10-22(11-6-19)44-23-12-7-20(8-13-23)35(37)38/h2-18,29-30H,1H3,(H,33,43)/t29-,30-/m1/s1. The minimum atomic E-state index is -0.476. The molecule has 0 aliphatic carbocycles. The van der Waals surface area contributed by atoms with Crippen molar-refractivity contribution < 1.29 is 19.0 Å². The molecule has 1 N–H and O–H groups in total. The maximum Gasteiger partial charge on any atom is 0.273 e. The molecule has 44 heavy (non-hydrogen) atoms. The summed E-state index contributed by atoms with van der Waals surface area (Å²) in [5.74, 6) is 1.41. The van der Waals surface area contributed by atoms with Crippen molar-refractivity contribution in [2.24, 2.45) is 0 Å². The molecule has 1 aliphatic rings. The van der Waals surface area contributed by atoms with E-state index in [2.05, 4.69) is 10.3 Å². The topological polar surface area (TPSA) is 137 Å². The first kappa shape index (κ1) is 28.8. The van der Waals surface area contributed by atoms with Crippen molar-refractivity contribution in [2.75, 3.05) is 12.0 Å². The van der Waals surface area contributed by atoms with Crippen LogP contribution in [0.2, 0.25) is 0 Å². The van der Waals surface area contributed by atoms with E-state index in [9.17, 15) is 20.2 Å². The first-order chi connectivity index (χ1) is 21.3. The molecular weight excluding hydrogens is 603 g/mol. The molecule has 0 unspecified atom stereocenters. The summed E-state index contributed by atoms with van der Waals surface area (Å²) in [4.78, 5) is 29.7. The zero-order valence-corrected chi connectivity index (χ0v) is 24.7. The quantitative estimate of drug-likeness (QED) is 0.0990. The van der Waals surface area contributed by atoms with E-state index in [1.807, 2.05) is 53.4 Å². The van der Waals surface area contributed by atoms with Gasteiger partial charge in [-0.05, 0) is 78.9 Å². The van der Waals surface area contributed by atoms with Gasteiger partial charge in [0.05, 0.1) is 40.3 Å². The number of non-ortho nitro benzene ring substituents is 2. The van der Waals surface area contributed by atoms with E-state index in [0.29, 0.717) is 27.9 Å². The van der Waals surface area contributed by atoms with Crippen molar-refractivity contribution in [1.82, 2.24) is 10.3 Å². The van der Waals surface area contributed by atoms with E-state index in [4.69, 9.17) is 21.4 Å². The van der Waals surface area contributed by atoms with Gasteiger partial charge in [-0.3, -0.25) is 25.2 Å². The van der Waals surface area contributed by atoms with Gasteiger partial charge in [-0.1, -0.05) is 17.8 Å². The van der Waals surface area contributed by atoms with Gasteiger partial charge in [-0.15, -0.1) is 0 Å². The SMILES string of the molecule is COc1cc([N+](=O)[O-])ccc1-c1ccc([C@@H]2[C@@H](c3ccccn3)NC(=S)N2c2ccc(Sc3ccc([N+](=O)[O-])cc3)cc2)o1. The number of aromatic nitrogens is 1. The number of nitrogens with one attached hydrogen (secondary N) is 1. The summed E-state index contributed by atoms with van der Waals surface area (Å²) in [6.45, 7) is 0. The van der Waals surface area contributed by atoms with Crippen LogP contribution in [-0.2, 0) is 0 Å². The second-order valence-electron chi connectivity index (χ2n) is 9.69. The summed E-state index contributed by atoms with van der Waals surface area (Å²) in [5, 5.41) is 26.2. The lowest BCUT2D eigenvalue weighted by atomic mass is 10.0. The Labute approximate surface area is 260 Å². The highest BCUT2D eigenvalue weighted by atomic mass is 32.2. The molecule has 3 heterocycles. The van der Waals surface area contributed by atoms with Crippen molar-refractivity contribution in [3.8, 4) is 17.1 Å². The molecule has 2 atom stereocenters. The molecule has 3 aromatic carbocycles. The molecule has 1 aliphatic heterocycles. The minimum absolute atomic E-state index is 0.0429. The Kier molecular flexibility index (Phi) is 7.96. The summed E-state index contributed by atoms with van der Waals surface area (Å²) in [5.41, 5.74) is 2.13. The van der Waals surface area contributed by atoms with Gasteiger partial charge in [-0.2, -0.15) is 0 Å². The molecule has 0 saturated carbocycles. The Morgan fingerprint density at radius 1 is 0.909 bits per heavy atom. The molecule has 0 radical (unpaired) electrons. The summed E-state index contributed by atoms with van der Waals surface area (Å²) >= 11 is 7.32. The Morgan fingerprint density at radius 3 is 2.23 bits per heavy atom. The smallest absolute Gasteiger partial charge is 0.273 e. The number of nitrogens with zero attached hydrogens (tertiary/aromatic N) is 4. The van der Waals surface area contributed by atoms with E-state index < -0.39 is 15.9 Å². The molecule has 6 rings (SSSR count). The number of nitro groups is 2. The summed E-state index contributed by atoms with van der Waals surface area (Å²) in [7, 11) is 1.45. The molecule has 1 fully saturated rings. The van der Waals surface area contributed by atoms with Crippen LogP contribution in [0.1, 0.15) is 23.5 Å². The maximum absolute atomic E-state index is 11.3. The number of hydrogen-bond acceptors (Lipinski definition) is 9. The number of rotatable bonds is 9. The minimum Gasteiger partial charge on any atom is -0.496 e. The molecule has 220 valence electrons. The third-order valence-corrected chi connectivity index (χ3v) is 8.41. The summed E-state index contributed by atoms with van der Waals surface area (Å²) in [6, 6.07) is 27.2. The zero-order chi connectivity index (χ0) is 30.8. The molecule has 2 aromatic heterocycles. The molecular formula is C31H23N5O6S2. The number of methoxy groups -OCH3 is 1. The van der Waals surface area contributed by atoms with E-state index in [1.165, 1.54) is 43.1 Å². The lowest BCUT2D eigenvalue weighted by Crippen LogP contribution is -2.29. The van der Waals surface area contributed by atoms with Crippen LogP contribution in [0.5, 0.6) is 5.75 Å². The van der Waals surface area contributed by atoms with Crippen molar-refractivity contribution in [3.63, 3.8) is 0 Å². The van der Waals surface area contributed by atoms with Crippen LogP contribution >= 0.6 is 24.0 Å². The third kappa shape index (κ3) is 5.70. The Morgan fingerprint density at radius 2 is 1.59 bits per heavy atom. The Bertz CT molecular complexity index is 1850. The van der Waals surface area contributed by atoms with Crippen LogP contribution in [0.15, 0.2) is 117 Å². The van der Waals surface area contributed by atoms with Crippen LogP contribution in [-0.4, -0.2) is 27.1 Å². The molecule has 13 heteroatoms. The first-order valence-electron chi connectivity index (χ1n) is 13.3. The predicted molar refractivity (Wildman–Crippen MR) is 169 cm³/mol. The van der Waals surface area contributed by atoms with Crippen LogP contribution in [0, 0.1) is 20.2 Å². The average Bonchev–Trinajstić information content (AvgIpc) is 3.66. The number of hydrogen-bond donors (Lipinski definition) is 1. The lowest BCUT2D eigenvalue weighted by molar-refractivity contribution is -0.385. The van der Waals surface area contributed by atoms with Gasteiger partial charge in [-0.25, -0.2) is 0 Å². The fourth-order valence-corrected chi connectivity index (χ4v) is 6.18. The Hall–Kier alpha value is -5.27. The van der Waals surface area contributed by atoms with Crippen molar-refractivity contribution in [1.29, 1.82) is 0 Å². The molecule has 0 spiro atoms. The van der Waals surface area contributed by atoms with E-state index in [1.54, 1.807) is 30.5 Å². The van der Waals surface area contributed by atoms with Crippen LogP contribution in [0.25, 0.3) is 11.3 Å². The Balaban J connectivity index is 1.33. The summed E-state index contributed by atoms with van der Waals surface area (Å²) in [6.07, 6.45) is 1.72. The van der Waals surface area contributed by atoms with Crippen LogP contribution in [0.4, 0.5) is 17.1 Å². The van der Waals surface area contributed by atoms with Gasteiger partial charge in [0, 0.05) is 39.9 Å². The second-order valence-corrected chi connectivity index (χ2v) is 11.2. The molecule has 11 nitrogen and oxygen atoms in total. The lowest BCUT2D eigenvalue weighted by Gasteiger charge is -2.26. The largest absolute Gasteiger partial charge is 0.496 e. The van der Waals surface area contributed by atoms with Crippen molar-refractivity contribution in [3.05, 3.63) is 135 Å². The third-order valence-electron chi connectivity index (χ3n) is 7.08. The molecule has 0 amide bonds. The number of thiocarbonyl (C=S) groups is 1.